The molecule has 2 atom stereocenters. The Morgan fingerprint density at radius 3 is 2.65 bits per heavy atom. The molecule has 0 radical (unpaired) electrons. The van der Waals surface area contributed by atoms with Gasteiger partial charge in [-0.3, -0.25) is 0 Å². The summed E-state index contributed by atoms with van der Waals surface area (Å²) in [5.74, 6) is 0. The lowest BCUT2D eigenvalue weighted by Gasteiger charge is -2.42. The normalized spacial score (nSPS) is 24.2. The first-order valence-electron chi connectivity index (χ1n) is 6.41. The minimum Gasteiger partial charge on any atom is -0.343 e. The van der Waals surface area contributed by atoms with E-state index in [0.717, 1.165) is 0 Å². The van der Waals surface area contributed by atoms with E-state index in [-0.39, 0.29) is 0 Å². The molecule has 3 rings (SSSR count). The van der Waals surface area contributed by atoms with Gasteiger partial charge in [0.05, 0.1) is 0 Å². The summed E-state index contributed by atoms with van der Waals surface area (Å²) in [7, 11) is 4.38. The van der Waals surface area contributed by atoms with Crippen LogP contribution in [0.1, 0.15) is 24.4 Å². The first-order valence-corrected chi connectivity index (χ1v) is 6.41. The van der Waals surface area contributed by atoms with E-state index in [0.29, 0.717) is 12.1 Å². The second kappa shape index (κ2) is 3.88. The number of aryl methyl sites for hydroxylation is 1. The van der Waals surface area contributed by atoms with Crippen LogP contribution >= 0.6 is 0 Å². The minimum atomic E-state index is 0.657. The summed E-state index contributed by atoms with van der Waals surface area (Å²) in [6.07, 6.45) is 4.89. The monoisotopic (exact) mass is 228 g/mol. The van der Waals surface area contributed by atoms with Crippen LogP contribution in [-0.2, 0) is 0 Å². The van der Waals surface area contributed by atoms with Crippen LogP contribution in [0.2, 0.25) is 0 Å². The van der Waals surface area contributed by atoms with Gasteiger partial charge in [0, 0.05) is 29.2 Å². The molecule has 0 amide bonds. The van der Waals surface area contributed by atoms with Gasteiger partial charge in [-0.2, -0.15) is 0 Å². The van der Waals surface area contributed by atoms with E-state index in [1.165, 1.54) is 29.3 Å². The second-order valence-corrected chi connectivity index (χ2v) is 5.41. The topological polar surface area (TPSA) is 8.17 Å². The highest BCUT2D eigenvalue weighted by atomic mass is 15.2. The number of likely N-dealkylation sites (N-methyl/N-ethyl adjacent to an activating group) is 1. The van der Waals surface area contributed by atoms with Crippen molar-refractivity contribution in [3.8, 4) is 0 Å². The Kier molecular flexibility index (Phi) is 2.48. The molecular weight excluding hydrogens is 208 g/mol. The van der Waals surface area contributed by atoms with Gasteiger partial charge >= 0.3 is 0 Å². The zero-order chi connectivity index (χ0) is 12.0. The van der Waals surface area contributed by atoms with Gasteiger partial charge in [-0.15, -0.1) is 0 Å². The molecule has 1 aromatic carbocycles. The minimum absolute atomic E-state index is 0.657. The van der Waals surface area contributed by atoms with E-state index in [1.54, 1.807) is 0 Å². The summed E-state index contributed by atoms with van der Waals surface area (Å²) in [6.45, 7) is 2.19. The van der Waals surface area contributed by atoms with Crippen molar-refractivity contribution in [3.63, 3.8) is 0 Å². The number of hydrogen-bond acceptors (Lipinski definition) is 1. The smallest absolute Gasteiger partial charge is 0.0492 e. The summed E-state index contributed by atoms with van der Waals surface area (Å²) in [4.78, 5) is 2.36. The number of hydrogen-bond donors (Lipinski definition) is 0. The first-order chi connectivity index (χ1) is 8.18. The van der Waals surface area contributed by atoms with E-state index in [9.17, 15) is 0 Å². The summed E-state index contributed by atoms with van der Waals surface area (Å²) in [5.41, 5.74) is 2.77. The molecule has 0 N–H and O–H groups in total. The highest BCUT2D eigenvalue weighted by molar-refractivity contribution is 5.83. The van der Waals surface area contributed by atoms with Gasteiger partial charge in [-0.05, 0) is 51.6 Å². The standard InChI is InChI=1S/C15H20N2/c1-11-5-4-6-13-12(11)9-10-17(13)15-8-7-14(15)16(2)3/h4-6,9-10,14-15H,7-8H2,1-3H3. The van der Waals surface area contributed by atoms with Crippen LogP contribution in [0.5, 0.6) is 0 Å². The third-order valence-corrected chi connectivity index (χ3v) is 4.20. The molecular formula is C15H20N2. The first kappa shape index (κ1) is 10.8. The van der Waals surface area contributed by atoms with Crippen molar-refractivity contribution in [1.29, 1.82) is 0 Å². The molecule has 17 heavy (non-hydrogen) atoms. The van der Waals surface area contributed by atoms with Crippen molar-refractivity contribution in [2.45, 2.75) is 31.8 Å². The van der Waals surface area contributed by atoms with E-state index in [2.05, 4.69) is 60.9 Å². The molecule has 2 unspecified atom stereocenters. The molecule has 0 saturated heterocycles. The third-order valence-electron chi connectivity index (χ3n) is 4.20. The Hall–Kier alpha value is -1.28. The van der Waals surface area contributed by atoms with Gasteiger partial charge in [-0.1, -0.05) is 12.1 Å². The Morgan fingerprint density at radius 1 is 1.18 bits per heavy atom. The fourth-order valence-electron chi connectivity index (χ4n) is 3.02. The largest absolute Gasteiger partial charge is 0.343 e. The van der Waals surface area contributed by atoms with Crippen LogP contribution in [0.25, 0.3) is 10.9 Å². The van der Waals surface area contributed by atoms with Crippen molar-refractivity contribution in [3.05, 3.63) is 36.0 Å². The predicted molar refractivity (Wildman–Crippen MR) is 72.4 cm³/mol. The number of rotatable bonds is 2. The molecule has 2 heteroatoms. The van der Waals surface area contributed by atoms with Gasteiger partial charge in [0.25, 0.3) is 0 Å². The average Bonchev–Trinajstić information content (AvgIpc) is 2.61. The highest BCUT2D eigenvalue weighted by Crippen LogP contribution is 2.37. The molecule has 90 valence electrons. The maximum absolute atomic E-state index is 2.47. The molecule has 1 heterocycles. The highest BCUT2D eigenvalue weighted by Gasteiger charge is 2.34. The molecule has 1 aliphatic rings. The molecule has 0 bridgehead atoms. The maximum atomic E-state index is 2.47. The predicted octanol–water partition coefficient (Wildman–Crippen LogP) is 3.21. The van der Waals surface area contributed by atoms with Crippen LogP contribution < -0.4 is 0 Å². The Morgan fingerprint density at radius 2 is 2.00 bits per heavy atom. The zero-order valence-electron chi connectivity index (χ0n) is 10.9. The molecule has 1 aliphatic carbocycles. The summed E-state index contributed by atoms with van der Waals surface area (Å²) >= 11 is 0. The second-order valence-electron chi connectivity index (χ2n) is 5.41. The Bertz CT molecular complexity index is 539. The lowest BCUT2D eigenvalue weighted by Crippen LogP contribution is -2.43. The summed E-state index contributed by atoms with van der Waals surface area (Å²) < 4.78 is 2.47. The van der Waals surface area contributed by atoms with Crippen molar-refractivity contribution >= 4 is 10.9 Å². The molecule has 1 aromatic heterocycles. The Labute approximate surface area is 103 Å². The Balaban J connectivity index is 2.04. The maximum Gasteiger partial charge on any atom is 0.0492 e. The molecule has 1 fully saturated rings. The molecule has 0 spiro atoms. The molecule has 0 aliphatic heterocycles. The summed E-state index contributed by atoms with van der Waals surface area (Å²) in [6, 6.07) is 10.2. The van der Waals surface area contributed by atoms with Gasteiger partial charge < -0.3 is 9.47 Å². The lowest BCUT2D eigenvalue weighted by atomic mass is 9.85. The van der Waals surface area contributed by atoms with E-state index in [1.807, 2.05) is 0 Å². The lowest BCUT2D eigenvalue weighted by molar-refractivity contribution is 0.116. The van der Waals surface area contributed by atoms with Crippen LogP contribution in [0, 0.1) is 6.92 Å². The van der Waals surface area contributed by atoms with Crippen molar-refractivity contribution in [1.82, 2.24) is 9.47 Å². The SMILES string of the molecule is Cc1cccc2c1ccn2C1CCC1N(C)C. The number of aromatic nitrogens is 1. The van der Waals surface area contributed by atoms with Crippen molar-refractivity contribution in [2.24, 2.45) is 0 Å². The fraction of sp³-hybridized carbons (Fsp3) is 0.467. The van der Waals surface area contributed by atoms with Crippen molar-refractivity contribution < 1.29 is 0 Å². The molecule has 2 nitrogen and oxygen atoms in total. The zero-order valence-corrected chi connectivity index (χ0v) is 10.9. The molecule has 2 aromatic rings. The quantitative estimate of drug-likeness (QED) is 0.766. The van der Waals surface area contributed by atoms with Crippen molar-refractivity contribution in [2.75, 3.05) is 14.1 Å². The third kappa shape index (κ3) is 1.59. The average molecular weight is 228 g/mol. The number of nitrogens with zero attached hydrogens (tertiary/aromatic N) is 2. The van der Waals surface area contributed by atoms with Crippen LogP contribution in [0.3, 0.4) is 0 Å². The van der Waals surface area contributed by atoms with Gasteiger partial charge in [0.2, 0.25) is 0 Å². The van der Waals surface area contributed by atoms with Gasteiger partial charge in [0.1, 0.15) is 0 Å². The number of fused-ring (bicyclic) bond motifs is 1. The van der Waals surface area contributed by atoms with E-state index < -0.39 is 0 Å². The van der Waals surface area contributed by atoms with Crippen LogP contribution in [0.4, 0.5) is 0 Å². The number of benzene rings is 1. The van der Waals surface area contributed by atoms with E-state index >= 15 is 0 Å². The van der Waals surface area contributed by atoms with Gasteiger partial charge in [0.15, 0.2) is 0 Å². The summed E-state index contributed by atoms with van der Waals surface area (Å²) in [5, 5.41) is 1.40. The molecule has 1 saturated carbocycles. The van der Waals surface area contributed by atoms with Gasteiger partial charge in [-0.25, -0.2) is 0 Å². The van der Waals surface area contributed by atoms with Crippen LogP contribution in [0.15, 0.2) is 30.5 Å². The fourth-order valence-corrected chi connectivity index (χ4v) is 3.02. The van der Waals surface area contributed by atoms with E-state index in [4.69, 9.17) is 0 Å². The van der Waals surface area contributed by atoms with Crippen LogP contribution in [-0.4, -0.2) is 29.6 Å².